The highest BCUT2D eigenvalue weighted by Crippen LogP contribution is 2.31. The molecule has 0 spiro atoms. The SMILES string of the molecule is CCCCN(C(=O)N1CCC(C)(C(=O)O)C1)C(C)CC. The van der Waals surface area contributed by atoms with Gasteiger partial charge in [-0.1, -0.05) is 20.3 Å². The van der Waals surface area contributed by atoms with Gasteiger partial charge in [0.2, 0.25) is 0 Å². The highest BCUT2D eigenvalue weighted by molar-refractivity contribution is 5.79. The molecule has 20 heavy (non-hydrogen) atoms. The van der Waals surface area contributed by atoms with E-state index in [2.05, 4.69) is 20.8 Å². The Morgan fingerprint density at radius 2 is 2.05 bits per heavy atom. The lowest BCUT2D eigenvalue weighted by Crippen LogP contribution is -2.47. The van der Waals surface area contributed by atoms with Gasteiger partial charge in [-0.2, -0.15) is 0 Å². The standard InChI is InChI=1S/C15H28N2O3/c1-5-7-9-17(12(3)6-2)14(20)16-10-8-15(4,11-16)13(18)19/h12H,5-11H2,1-4H3,(H,18,19). The molecular formula is C15H28N2O3. The van der Waals surface area contributed by atoms with Crippen molar-refractivity contribution in [2.75, 3.05) is 19.6 Å². The van der Waals surface area contributed by atoms with Crippen molar-refractivity contribution >= 4 is 12.0 Å². The summed E-state index contributed by atoms with van der Waals surface area (Å²) in [7, 11) is 0. The van der Waals surface area contributed by atoms with Crippen molar-refractivity contribution in [1.29, 1.82) is 0 Å². The average molecular weight is 284 g/mol. The minimum atomic E-state index is -0.809. The number of hydrogen-bond donors (Lipinski definition) is 1. The van der Waals surface area contributed by atoms with Crippen molar-refractivity contribution in [3.63, 3.8) is 0 Å². The Morgan fingerprint density at radius 1 is 1.40 bits per heavy atom. The number of nitrogens with zero attached hydrogens (tertiary/aromatic N) is 2. The minimum absolute atomic E-state index is 0.00206. The van der Waals surface area contributed by atoms with Crippen molar-refractivity contribution in [3.8, 4) is 0 Å². The molecule has 0 aromatic rings. The van der Waals surface area contributed by atoms with E-state index < -0.39 is 11.4 Å². The van der Waals surface area contributed by atoms with Crippen LogP contribution in [0.1, 0.15) is 53.4 Å². The lowest BCUT2D eigenvalue weighted by Gasteiger charge is -2.33. The first-order chi connectivity index (χ1) is 9.35. The molecule has 116 valence electrons. The number of urea groups is 1. The van der Waals surface area contributed by atoms with E-state index in [9.17, 15) is 14.7 Å². The number of carboxylic acids is 1. The zero-order chi connectivity index (χ0) is 15.3. The number of carbonyl (C=O) groups excluding carboxylic acids is 1. The Balaban J connectivity index is 2.73. The van der Waals surface area contributed by atoms with Gasteiger partial charge in [0, 0.05) is 25.7 Å². The van der Waals surface area contributed by atoms with Crippen LogP contribution >= 0.6 is 0 Å². The van der Waals surface area contributed by atoms with Gasteiger partial charge < -0.3 is 14.9 Å². The molecule has 0 radical (unpaired) electrons. The van der Waals surface area contributed by atoms with Crippen LogP contribution in [0.5, 0.6) is 0 Å². The predicted octanol–water partition coefficient (Wildman–Crippen LogP) is 2.80. The summed E-state index contributed by atoms with van der Waals surface area (Å²) in [5.41, 5.74) is -0.790. The molecule has 1 fully saturated rings. The summed E-state index contributed by atoms with van der Waals surface area (Å²) in [5, 5.41) is 9.26. The molecule has 0 bridgehead atoms. The number of hydrogen-bond acceptors (Lipinski definition) is 2. The predicted molar refractivity (Wildman–Crippen MR) is 78.7 cm³/mol. The third kappa shape index (κ3) is 3.64. The second-order valence-corrected chi connectivity index (χ2v) is 6.12. The van der Waals surface area contributed by atoms with Crippen LogP contribution in [-0.4, -0.2) is 52.6 Å². The summed E-state index contributed by atoms with van der Waals surface area (Å²) >= 11 is 0. The van der Waals surface area contributed by atoms with Crippen LogP contribution in [0, 0.1) is 5.41 Å². The number of unbranched alkanes of at least 4 members (excludes halogenated alkanes) is 1. The molecule has 0 aromatic heterocycles. The summed E-state index contributed by atoms with van der Waals surface area (Å²) < 4.78 is 0. The van der Waals surface area contributed by atoms with Crippen LogP contribution in [0.25, 0.3) is 0 Å². The van der Waals surface area contributed by atoms with Gasteiger partial charge in [-0.25, -0.2) is 4.79 Å². The van der Waals surface area contributed by atoms with Gasteiger partial charge in [0.1, 0.15) is 0 Å². The lowest BCUT2D eigenvalue weighted by molar-refractivity contribution is -0.147. The smallest absolute Gasteiger partial charge is 0.320 e. The van der Waals surface area contributed by atoms with Crippen molar-refractivity contribution in [1.82, 2.24) is 9.80 Å². The first-order valence-corrected chi connectivity index (χ1v) is 7.64. The molecule has 1 N–H and O–H groups in total. The van der Waals surface area contributed by atoms with Crippen molar-refractivity contribution < 1.29 is 14.7 Å². The van der Waals surface area contributed by atoms with Gasteiger partial charge in [0.05, 0.1) is 5.41 Å². The van der Waals surface area contributed by atoms with Crippen LogP contribution in [-0.2, 0) is 4.79 Å². The van der Waals surface area contributed by atoms with Crippen LogP contribution in [0.4, 0.5) is 4.79 Å². The third-order valence-electron chi connectivity index (χ3n) is 4.38. The maximum atomic E-state index is 12.6. The number of carboxylic acid groups (broad SMARTS) is 1. The first-order valence-electron chi connectivity index (χ1n) is 7.64. The number of carbonyl (C=O) groups is 2. The number of likely N-dealkylation sites (tertiary alicyclic amines) is 1. The van der Waals surface area contributed by atoms with E-state index in [-0.39, 0.29) is 12.1 Å². The lowest BCUT2D eigenvalue weighted by atomic mass is 9.90. The molecular weight excluding hydrogens is 256 g/mol. The fourth-order valence-corrected chi connectivity index (χ4v) is 2.53. The van der Waals surface area contributed by atoms with Crippen LogP contribution in [0.15, 0.2) is 0 Å². The van der Waals surface area contributed by atoms with E-state index in [1.54, 1.807) is 11.8 Å². The zero-order valence-electron chi connectivity index (χ0n) is 13.2. The summed E-state index contributed by atoms with van der Waals surface area (Å²) in [6.07, 6.45) is 3.49. The van der Waals surface area contributed by atoms with Gasteiger partial charge >= 0.3 is 12.0 Å². The van der Waals surface area contributed by atoms with Crippen molar-refractivity contribution in [2.24, 2.45) is 5.41 Å². The maximum Gasteiger partial charge on any atom is 0.320 e. The first kappa shape index (κ1) is 16.8. The largest absolute Gasteiger partial charge is 0.481 e. The molecule has 2 unspecified atom stereocenters. The topological polar surface area (TPSA) is 60.9 Å². The van der Waals surface area contributed by atoms with Gasteiger partial charge in [0.25, 0.3) is 0 Å². The summed E-state index contributed by atoms with van der Waals surface area (Å²) in [4.78, 5) is 27.5. The summed E-state index contributed by atoms with van der Waals surface area (Å²) in [6, 6.07) is 0.198. The van der Waals surface area contributed by atoms with Crippen LogP contribution < -0.4 is 0 Å². The Bertz CT molecular complexity index is 359. The quantitative estimate of drug-likeness (QED) is 0.816. The second kappa shape index (κ2) is 6.95. The molecule has 2 amide bonds. The van der Waals surface area contributed by atoms with E-state index in [4.69, 9.17) is 0 Å². The van der Waals surface area contributed by atoms with Crippen LogP contribution in [0.3, 0.4) is 0 Å². The molecule has 0 aromatic carbocycles. The fourth-order valence-electron chi connectivity index (χ4n) is 2.53. The molecule has 5 heteroatoms. The number of amides is 2. The maximum absolute atomic E-state index is 12.6. The molecule has 1 saturated heterocycles. The van der Waals surface area contributed by atoms with E-state index in [1.165, 1.54) is 0 Å². The van der Waals surface area contributed by atoms with Crippen LogP contribution in [0.2, 0.25) is 0 Å². The molecule has 0 saturated carbocycles. The molecule has 5 nitrogen and oxygen atoms in total. The molecule has 1 heterocycles. The minimum Gasteiger partial charge on any atom is -0.481 e. The average Bonchev–Trinajstić information content (AvgIpc) is 2.82. The highest BCUT2D eigenvalue weighted by atomic mass is 16.4. The van der Waals surface area contributed by atoms with Gasteiger partial charge in [-0.05, 0) is 33.1 Å². The van der Waals surface area contributed by atoms with Crippen molar-refractivity contribution in [2.45, 2.75) is 59.4 Å². The van der Waals surface area contributed by atoms with E-state index in [0.29, 0.717) is 19.5 Å². The Kier molecular flexibility index (Phi) is 5.84. The Hall–Kier alpha value is -1.26. The second-order valence-electron chi connectivity index (χ2n) is 6.12. The number of aliphatic carboxylic acids is 1. The number of rotatable bonds is 6. The van der Waals surface area contributed by atoms with Crippen molar-refractivity contribution in [3.05, 3.63) is 0 Å². The summed E-state index contributed by atoms with van der Waals surface area (Å²) in [6.45, 7) is 9.58. The highest BCUT2D eigenvalue weighted by Gasteiger charge is 2.43. The fraction of sp³-hybridized carbons (Fsp3) is 0.867. The summed E-state index contributed by atoms with van der Waals surface area (Å²) in [5.74, 6) is -0.809. The van der Waals surface area contributed by atoms with E-state index >= 15 is 0 Å². The van der Waals surface area contributed by atoms with E-state index in [0.717, 1.165) is 25.8 Å². The van der Waals surface area contributed by atoms with E-state index in [1.807, 2.05) is 4.90 Å². The van der Waals surface area contributed by atoms with Gasteiger partial charge in [-0.15, -0.1) is 0 Å². The normalized spacial score (nSPS) is 23.7. The molecule has 1 rings (SSSR count). The molecule has 2 atom stereocenters. The molecule has 1 aliphatic rings. The van der Waals surface area contributed by atoms with Gasteiger partial charge in [0.15, 0.2) is 0 Å². The monoisotopic (exact) mass is 284 g/mol. The molecule has 0 aliphatic carbocycles. The molecule has 1 aliphatic heterocycles. The zero-order valence-corrected chi connectivity index (χ0v) is 13.2. The Labute approximate surface area is 121 Å². The third-order valence-corrected chi connectivity index (χ3v) is 4.38. The Morgan fingerprint density at radius 3 is 2.50 bits per heavy atom. The van der Waals surface area contributed by atoms with Gasteiger partial charge in [-0.3, -0.25) is 4.79 Å².